The van der Waals surface area contributed by atoms with Gasteiger partial charge in [-0.05, 0) is 42.0 Å². The van der Waals surface area contributed by atoms with E-state index in [2.05, 4.69) is 0 Å². The normalized spacial score (nSPS) is 10.8. The number of aliphatic carboxylic acids is 1. The Morgan fingerprint density at radius 3 is 2.62 bits per heavy atom. The zero-order valence-corrected chi connectivity index (χ0v) is 11.7. The zero-order valence-electron chi connectivity index (χ0n) is 10.9. The van der Waals surface area contributed by atoms with Crippen molar-refractivity contribution < 1.29 is 19.0 Å². The highest BCUT2D eigenvalue weighted by Crippen LogP contribution is 2.25. The smallest absolute Gasteiger partial charge is 0.328 e. The van der Waals surface area contributed by atoms with Crippen molar-refractivity contribution in [1.29, 1.82) is 0 Å². The Hall–Kier alpha value is -2.33. The Labute approximate surface area is 126 Å². The molecule has 0 aromatic heterocycles. The van der Waals surface area contributed by atoms with Gasteiger partial charge >= 0.3 is 5.97 Å². The molecule has 0 heterocycles. The van der Waals surface area contributed by atoms with Crippen LogP contribution < -0.4 is 4.74 Å². The van der Waals surface area contributed by atoms with Crippen LogP contribution in [0.3, 0.4) is 0 Å². The Balaban J connectivity index is 2.15. The van der Waals surface area contributed by atoms with Crippen LogP contribution in [0, 0.1) is 5.82 Å². The average molecular weight is 307 g/mol. The molecule has 2 rings (SSSR count). The van der Waals surface area contributed by atoms with Crippen molar-refractivity contribution in [2.24, 2.45) is 0 Å². The molecule has 21 heavy (non-hydrogen) atoms. The van der Waals surface area contributed by atoms with Gasteiger partial charge in [-0.2, -0.15) is 0 Å². The van der Waals surface area contributed by atoms with E-state index in [1.54, 1.807) is 30.3 Å². The third kappa shape index (κ3) is 4.61. The molecule has 2 aromatic carbocycles. The fourth-order valence-electron chi connectivity index (χ4n) is 1.68. The van der Waals surface area contributed by atoms with Crippen molar-refractivity contribution in [3.63, 3.8) is 0 Å². The Morgan fingerprint density at radius 2 is 1.95 bits per heavy atom. The van der Waals surface area contributed by atoms with Gasteiger partial charge in [0.05, 0.1) is 0 Å². The summed E-state index contributed by atoms with van der Waals surface area (Å²) in [5.74, 6) is -0.865. The van der Waals surface area contributed by atoms with Crippen LogP contribution in [0.15, 0.2) is 48.5 Å². The maximum Gasteiger partial charge on any atom is 0.328 e. The van der Waals surface area contributed by atoms with Crippen molar-refractivity contribution in [3.8, 4) is 5.75 Å². The minimum absolute atomic E-state index is 0.246. The lowest BCUT2D eigenvalue weighted by Crippen LogP contribution is -1.97. The zero-order chi connectivity index (χ0) is 15.2. The lowest BCUT2D eigenvalue weighted by molar-refractivity contribution is -0.131. The number of rotatable bonds is 5. The van der Waals surface area contributed by atoms with E-state index in [0.29, 0.717) is 16.3 Å². The Morgan fingerprint density at radius 1 is 1.24 bits per heavy atom. The molecule has 3 nitrogen and oxygen atoms in total. The van der Waals surface area contributed by atoms with Gasteiger partial charge in [0.1, 0.15) is 18.2 Å². The molecule has 0 saturated carbocycles. The molecule has 0 spiro atoms. The lowest BCUT2D eigenvalue weighted by atomic mass is 10.2. The van der Waals surface area contributed by atoms with E-state index >= 15 is 0 Å². The third-order valence-electron chi connectivity index (χ3n) is 2.68. The first-order valence-electron chi connectivity index (χ1n) is 6.12. The summed E-state index contributed by atoms with van der Waals surface area (Å²) in [4.78, 5) is 10.6. The minimum atomic E-state index is -1.06. The number of carboxylic acid groups (broad SMARTS) is 1. The summed E-state index contributed by atoms with van der Waals surface area (Å²) >= 11 is 5.89. The molecular formula is C16H12ClFO3. The number of ether oxygens (including phenoxy) is 1. The summed E-state index contributed by atoms with van der Waals surface area (Å²) in [6, 6.07) is 10.9. The van der Waals surface area contributed by atoms with Gasteiger partial charge in [0.2, 0.25) is 0 Å². The van der Waals surface area contributed by atoms with Crippen molar-refractivity contribution in [2.75, 3.05) is 0 Å². The highest BCUT2D eigenvalue weighted by molar-refractivity contribution is 6.30. The first-order valence-corrected chi connectivity index (χ1v) is 6.50. The van der Waals surface area contributed by atoms with E-state index < -0.39 is 5.97 Å². The summed E-state index contributed by atoms with van der Waals surface area (Å²) in [6.45, 7) is 0.246. The monoisotopic (exact) mass is 306 g/mol. The maximum absolute atomic E-state index is 12.8. The van der Waals surface area contributed by atoms with E-state index in [4.69, 9.17) is 21.4 Å². The van der Waals surface area contributed by atoms with Crippen LogP contribution >= 0.6 is 11.6 Å². The molecule has 0 atom stereocenters. The van der Waals surface area contributed by atoms with Crippen LogP contribution in [0.5, 0.6) is 5.75 Å². The summed E-state index contributed by atoms with van der Waals surface area (Å²) in [6.07, 6.45) is 2.42. The Kier molecular flexibility index (Phi) is 4.95. The molecule has 0 aliphatic heterocycles. The summed E-state index contributed by atoms with van der Waals surface area (Å²) in [7, 11) is 0. The summed E-state index contributed by atoms with van der Waals surface area (Å²) < 4.78 is 18.4. The molecule has 0 aliphatic carbocycles. The van der Waals surface area contributed by atoms with Gasteiger partial charge in [-0.15, -0.1) is 0 Å². The molecule has 0 radical (unpaired) electrons. The van der Waals surface area contributed by atoms with Gasteiger partial charge in [0, 0.05) is 16.7 Å². The predicted octanol–water partition coefficient (Wildman–Crippen LogP) is 4.16. The van der Waals surface area contributed by atoms with Crippen LogP contribution in [0.2, 0.25) is 5.02 Å². The molecule has 108 valence electrons. The second-order valence-electron chi connectivity index (χ2n) is 4.27. The van der Waals surface area contributed by atoms with Gasteiger partial charge in [0.25, 0.3) is 0 Å². The van der Waals surface area contributed by atoms with Crippen molar-refractivity contribution in [2.45, 2.75) is 6.61 Å². The van der Waals surface area contributed by atoms with Gasteiger partial charge < -0.3 is 9.84 Å². The molecule has 0 unspecified atom stereocenters. The van der Waals surface area contributed by atoms with Crippen molar-refractivity contribution in [1.82, 2.24) is 0 Å². The average Bonchev–Trinajstić information content (AvgIpc) is 2.45. The largest absolute Gasteiger partial charge is 0.488 e. The maximum atomic E-state index is 12.8. The quantitative estimate of drug-likeness (QED) is 0.844. The predicted molar refractivity (Wildman–Crippen MR) is 78.9 cm³/mol. The topological polar surface area (TPSA) is 46.5 Å². The van der Waals surface area contributed by atoms with Crippen LogP contribution in [0.1, 0.15) is 11.1 Å². The number of carbonyl (C=O) groups is 1. The van der Waals surface area contributed by atoms with E-state index in [0.717, 1.165) is 11.6 Å². The third-order valence-corrected chi connectivity index (χ3v) is 2.92. The first kappa shape index (κ1) is 15.1. The lowest BCUT2D eigenvalue weighted by Gasteiger charge is -2.10. The molecule has 0 amide bonds. The van der Waals surface area contributed by atoms with E-state index in [1.165, 1.54) is 18.2 Å². The minimum Gasteiger partial charge on any atom is -0.488 e. The fourth-order valence-corrected chi connectivity index (χ4v) is 1.86. The Bertz CT molecular complexity index is 666. The number of hydrogen-bond donors (Lipinski definition) is 1. The van der Waals surface area contributed by atoms with E-state index in [9.17, 15) is 9.18 Å². The van der Waals surface area contributed by atoms with E-state index in [-0.39, 0.29) is 12.4 Å². The molecule has 2 aromatic rings. The highest BCUT2D eigenvalue weighted by atomic mass is 35.5. The fraction of sp³-hybridized carbons (Fsp3) is 0.0625. The number of hydrogen-bond acceptors (Lipinski definition) is 2. The van der Waals surface area contributed by atoms with Crippen LogP contribution in [0.25, 0.3) is 6.08 Å². The van der Waals surface area contributed by atoms with Crippen LogP contribution in [0.4, 0.5) is 4.39 Å². The van der Waals surface area contributed by atoms with Gasteiger partial charge in [-0.3, -0.25) is 0 Å². The molecule has 0 fully saturated rings. The summed E-state index contributed by atoms with van der Waals surface area (Å²) in [5.41, 5.74) is 1.37. The highest BCUT2D eigenvalue weighted by Gasteiger charge is 2.04. The first-order chi connectivity index (χ1) is 10.0. The SMILES string of the molecule is O=C(O)/C=C\c1cc(Cl)ccc1OCc1ccc(F)cc1. The van der Waals surface area contributed by atoms with Gasteiger partial charge in [-0.1, -0.05) is 23.7 Å². The molecule has 5 heteroatoms. The molecular weight excluding hydrogens is 295 g/mol. The molecule has 0 aliphatic rings. The number of carboxylic acids is 1. The molecule has 0 saturated heterocycles. The summed E-state index contributed by atoms with van der Waals surface area (Å²) in [5, 5.41) is 9.15. The van der Waals surface area contributed by atoms with Crippen molar-refractivity contribution >= 4 is 23.6 Å². The van der Waals surface area contributed by atoms with Gasteiger partial charge in [0.15, 0.2) is 0 Å². The standard InChI is InChI=1S/C16H12ClFO3/c17-13-4-7-15(12(9-13)3-8-16(19)20)21-10-11-1-5-14(18)6-2-11/h1-9H,10H2,(H,19,20)/b8-3-. The van der Waals surface area contributed by atoms with Crippen LogP contribution in [-0.4, -0.2) is 11.1 Å². The second kappa shape index (κ2) is 6.90. The molecule has 0 bridgehead atoms. The molecule has 1 N–H and O–H groups in total. The second-order valence-corrected chi connectivity index (χ2v) is 4.71. The number of halogens is 2. The van der Waals surface area contributed by atoms with E-state index in [1.807, 2.05) is 0 Å². The van der Waals surface area contributed by atoms with Crippen LogP contribution in [-0.2, 0) is 11.4 Å². The van der Waals surface area contributed by atoms with Gasteiger partial charge in [-0.25, -0.2) is 9.18 Å². The van der Waals surface area contributed by atoms with Crippen molar-refractivity contribution in [3.05, 3.63) is 70.5 Å². The number of benzene rings is 2.